The molecule has 0 bridgehead atoms. The lowest BCUT2D eigenvalue weighted by atomic mass is 10.1. The maximum atomic E-state index is 12.3. The zero-order valence-corrected chi connectivity index (χ0v) is 13.7. The fraction of sp³-hybridized carbons (Fsp3) is 0.105. The van der Waals surface area contributed by atoms with E-state index in [-0.39, 0.29) is 5.91 Å². The molecule has 0 saturated carbocycles. The molecule has 0 radical (unpaired) electrons. The molecule has 0 aliphatic rings. The number of hydrogen-bond donors (Lipinski definition) is 1. The second kappa shape index (κ2) is 6.37. The van der Waals surface area contributed by atoms with Gasteiger partial charge < -0.3 is 5.32 Å². The van der Waals surface area contributed by atoms with E-state index in [0.29, 0.717) is 12.2 Å². The third kappa shape index (κ3) is 2.86. The lowest BCUT2D eigenvalue weighted by Crippen LogP contribution is -2.26. The third-order valence-electron chi connectivity index (χ3n) is 3.92. The average molecular weight is 333 g/mol. The van der Waals surface area contributed by atoms with E-state index in [1.54, 1.807) is 11.3 Å². The Bertz CT molecular complexity index is 1030. The van der Waals surface area contributed by atoms with Crippen molar-refractivity contribution in [1.82, 2.24) is 15.3 Å². The van der Waals surface area contributed by atoms with Crippen molar-refractivity contribution in [2.45, 2.75) is 6.42 Å². The number of carbonyl (C=O) groups excluding carboxylic acids is 1. The van der Waals surface area contributed by atoms with Crippen LogP contribution >= 0.6 is 11.3 Å². The van der Waals surface area contributed by atoms with Crippen molar-refractivity contribution in [3.8, 4) is 0 Å². The van der Waals surface area contributed by atoms with Crippen LogP contribution in [-0.2, 0) is 6.42 Å². The first kappa shape index (κ1) is 14.8. The molecule has 5 heteroatoms. The molecule has 4 aromatic rings. The van der Waals surface area contributed by atoms with Crippen molar-refractivity contribution >= 4 is 38.4 Å². The Morgan fingerprint density at radius 2 is 1.83 bits per heavy atom. The van der Waals surface area contributed by atoms with Crippen LogP contribution in [0.4, 0.5) is 0 Å². The van der Waals surface area contributed by atoms with E-state index >= 15 is 0 Å². The molecule has 0 atom stereocenters. The highest BCUT2D eigenvalue weighted by Crippen LogP contribution is 2.25. The summed E-state index contributed by atoms with van der Waals surface area (Å²) in [6.07, 6.45) is 2.33. The van der Waals surface area contributed by atoms with Crippen molar-refractivity contribution in [1.29, 1.82) is 0 Å². The van der Waals surface area contributed by atoms with Gasteiger partial charge in [-0.3, -0.25) is 9.78 Å². The van der Waals surface area contributed by atoms with Crippen LogP contribution in [0.15, 0.2) is 60.1 Å². The van der Waals surface area contributed by atoms with Crippen molar-refractivity contribution in [3.05, 3.63) is 71.4 Å². The average Bonchev–Trinajstić information content (AvgIpc) is 3.04. The number of amides is 1. The Morgan fingerprint density at radius 3 is 2.75 bits per heavy atom. The van der Waals surface area contributed by atoms with E-state index in [0.717, 1.165) is 17.5 Å². The van der Waals surface area contributed by atoms with Crippen LogP contribution in [0.1, 0.15) is 16.1 Å². The second-order valence-electron chi connectivity index (χ2n) is 5.51. The van der Waals surface area contributed by atoms with Gasteiger partial charge in [-0.25, -0.2) is 4.98 Å². The van der Waals surface area contributed by atoms with Gasteiger partial charge in [0.1, 0.15) is 5.69 Å². The van der Waals surface area contributed by atoms with Gasteiger partial charge >= 0.3 is 0 Å². The molecule has 1 amide bonds. The number of para-hydroxylation sites is 2. The summed E-state index contributed by atoms with van der Waals surface area (Å²) in [6.45, 7) is 0.577. The van der Waals surface area contributed by atoms with Gasteiger partial charge in [-0.2, -0.15) is 0 Å². The predicted octanol–water partition coefficient (Wildman–Crippen LogP) is 3.82. The second-order valence-corrected chi connectivity index (χ2v) is 6.42. The van der Waals surface area contributed by atoms with Gasteiger partial charge in [-0.1, -0.05) is 30.3 Å². The molecule has 4 nitrogen and oxygen atoms in total. The molecule has 118 valence electrons. The van der Waals surface area contributed by atoms with Gasteiger partial charge in [0.05, 0.1) is 17.2 Å². The molecule has 24 heavy (non-hydrogen) atoms. The van der Waals surface area contributed by atoms with Crippen LogP contribution in [0.25, 0.3) is 21.1 Å². The molecule has 0 saturated heterocycles. The van der Waals surface area contributed by atoms with Gasteiger partial charge in [0.25, 0.3) is 5.91 Å². The van der Waals surface area contributed by atoms with Gasteiger partial charge in [0, 0.05) is 11.2 Å². The Labute approximate surface area is 143 Å². The fourth-order valence-electron chi connectivity index (χ4n) is 2.69. The summed E-state index contributed by atoms with van der Waals surface area (Å²) in [5.74, 6) is -0.187. The van der Waals surface area contributed by atoms with Crippen LogP contribution in [-0.4, -0.2) is 22.4 Å². The summed E-state index contributed by atoms with van der Waals surface area (Å²) >= 11 is 1.74. The molecule has 4 rings (SSSR count). The molecule has 1 N–H and O–H groups in total. The first-order valence-corrected chi connectivity index (χ1v) is 8.64. The molecule has 0 aliphatic heterocycles. The number of benzene rings is 2. The highest BCUT2D eigenvalue weighted by Gasteiger charge is 2.09. The Balaban J connectivity index is 1.44. The van der Waals surface area contributed by atoms with E-state index in [1.165, 1.54) is 21.8 Å². The maximum absolute atomic E-state index is 12.3. The van der Waals surface area contributed by atoms with Gasteiger partial charge in [0.2, 0.25) is 0 Å². The highest BCUT2D eigenvalue weighted by molar-refractivity contribution is 7.17. The SMILES string of the molecule is O=C(NCCc1csc2ccccc12)c1cnc2ccccc2n1. The molecule has 2 heterocycles. The topological polar surface area (TPSA) is 54.9 Å². The summed E-state index contributed by atoms with van der Waals surface area (Å²) in [4.78, 5) is 20.9. The van der Waals surface area contributed by atoms with Crippen LogP contribution in [0, 0.1) is 0 Å². The Kier molecular flexibility index (Phi) is 3.92. The summed E-state index contributed by atoms with van der Waals surface area (Å²) in [5.41, 5.74) is 3.14. The lowest BCUT2D eigenvalue weighted by molar-refractivity contribution is 0.0949. The van der Waals surface area contributed by atoms with Crippen LogP contribution < -0.4 is 5.32 Å². The fourth-order valence-corrected chi connectivity index (χ4v) is 3.69. The maximum Gasteiger partial charge on any atom is 0.271 e. The first-order valence-electron chi connectivity index (χ1n) is 7.76. The van der Waals surface area contributed by atoms with E-state index < -0.39 is 0 Å². The number of nitrogens with one attached hydrogen (secondary N) is 1. The third-order valence-corrected chi connectivity index (χ3v) is 4.93. The molecule has 0 spiro atoms. The van der Waals surface area contributed by atoms with Crippen molar-refractivity contribution < 1.29 is 4.79 Å². The number of rotatable bonds is 4. The molecule has 0 fully saturated rings. The normalized spacial score (nSPS) is 11.0. The van der Waals surface area contributed by atoms with Gasteiger partial charge in [-0.05, 0) is 40.9 Å². The molecular formula is C19H15N3OS. The monoisotopic (exact) mass is 333 g/mol. The zero-order chi connectivity index (χ0) is 16.4. The number of aromatic nitrogens is 2. The number of hydrogen-bond acceptors (Lipinski definition) is 4. The molecular weight excluding hydrogens is 318 g/mol. The van der Waals surface area contributed by atoms with Crippen LogP contribution in [0.3, 0.4) is 0 Å². The summed E-state index contributed by atoms with van der Waals surface area (Å²) in [6, 6.07) is 15.9. The zero-order valence-electron chi connectivity index (χ0n) is 12.9. The molecule has 0 aliphatic carbocycles. The number of nitrogens with zero attached hydrogens (tertiary/aromatic N) is 2. The van der Waals surface area contributed by atoms with Crippen LogP contribution in [0.5, 0.6) is 0 Å². The van der Waals surface area contributed by atoms with Crippen LogP contribution in [0.2, 0.25) is 0 Å². The Morgan fingerprint density at radius 1 is 1.04 bits per heavy atom. The van der Waals surface area contributed by atoms with E-state index in [1.807, 2.05) is 36.4 Å². The quantitative estimate of drug-likeness (QED) is 0.618. The lowest BCUT2D eigenvalue weighted by Gasteiger charge is -2.05. The summed E-state index contributed by atoms with van der Waals surface area (Å²) in [7, 11) is 0. The first-order chi connectivity index (χ1) is 11.8. The van der Waals surface area contributed by atoms with Crippen molar-refractivity contribution in [2.24, 2.45) is 0 Å². The minimum absolute atomic E-state index is 0.187. The van der Waals surface area contributed by atoms with Crippen molar-refractivity contribution in [3.63, 3.8) is 0 Å². The minimum atomic E-state index is -0.187. The highest BCUT2D eigenvalue weighted by atomic mass is 32.1. The van der Waals surface area contributed by atoms with Gasteiger partial charge in [0.15, 0.2) is 0 Å². The van der Waals surface area contributed by atoms with E-state index in [4.69, 9.17) is 0 Å². The number of fused-ring (bicyclic) bond motifs is 2. The number of carbonyl (C=O) groups is 1. The van der Waals surface area contributed by atoms with Gasteiger partial charge in [-0.15, -0.1) is 11.3 Å². The molecule has 0 unspecified atom stereocenters. The minimum Gasteiger partial charge on any atom is -0.350 e. The smallest absolute Gasteiger partial charge is 0.271 e. The molecule has 2 aromatic carbocycles. The van der Waals surface area contributed by atoms with Crippen molar-refractivity contribution in [2.75, 3.05) is 6.54 Å². The van der Waals surface area contributed by atoms with E-state index in [9.17, 15) is 4.79 Å². The van der Waals surface area contributed by atoms with E-state index in [2.05, 4.69) is 32.8 Å². The molecule has 2 aromatic heterocycles. The summed E-state index contributed by atoms with van der Waals surface area (Å²) < 4.78 is 1.28. The largest absolute Gasteiger partial charge is 0.350 e. The predicted molar refractivity (Wildman–Crippen MR) is 97.4 cm³/mol. The Hall–Kier alpha value is -2.79. The number of thiophene rings is 1. The summed E-state index contributed by atoms with van der Waals surface area (Å²) in [5, 5.41) is 6.36. The standard InChI is InChI=1S/C19H15N3OS/c23-19(17-11-21-15-6-2-3-7-16(15)22-17)20-10-9-13-12-24-18-8-4-1-5-14(13)18/h1-8,11-12H,9-10H2,(H,20,23).